The molecule has 0 fully saturated rings. The number of fused-ring (bicyclic) bond motifs is 2. The topological polar surface area (TPSA) is 50.2 Å². The molecule has 0 unspecified atom stereocenters. The molecule has 3 nitrogen and oxygen atoms in total. The van der Waals surface area contributed by atoms with Crippen molar-refractivity contribution in [1.29, 1.82) is 0 Å². The Bertz CT molecular complexity index is 822. The number of hydrogen-bond acceptors (Lipinski definition) is 2. The Morgan fingerprint density at radius 2 is 1.74 bits per heavy atom. The average Bonchev–Trinajstić information content (AvgIpc) is 2.40. The SMILES string of the molecule is Cc1ccc(C)c2c(C(=O)O)c3ccccc3nc12. The van der Waals surface area contributed by atoms with Crippen LogP contribution in [0.15, 0.2) is 36.4 Å². The molecule has 0 spiro atoms. The molecule has 3 rings (SSSR count). The van der Waals surface area contributed by atoms with Crippen LogP contribution in [-0.2, 0) is 0 Å². The number of aromatic carboxylic acids is 1. The number of benzene rings is 2. The molecule has 0 bridgehead atoms. The van der Waals surface area contributed by atoms with Gasteiger partial charge in [-0.2, -0.15) is 0 Å². The number of para-hydroxylation sites is 1. The maximum atomic E-state index is 11.7. The third kappa shape index (κ3) is 1.66. The fourth-order valence-corrected chi connectivity index (χ4v) is 2.52. The maximum Gasteiger partial charge on any atom is 0.337 e. The van der Waals surface area contributed by atoms with Crippen molar-refractivity contribution in [2.75, 3.05) is 0 Å². The number of rotatable bonds is 1. The number of carboxylic acids is 1. The van der Waals surface area contributed by atoms with Crippen LogP contribution in [-0.4, -0.2) is 16.1 Å². The molecule has 0 saturated heterocycles. The van der Waals surface area contributed by atoms with Crippen molar-refractivity contribution in [3.8, 4) is 0 Å². The zero-order valence-electron chi connectivity index (χ0n) is 10.8. The van der Waals surface area contributed by atoms with Crippen LogP contribution in [0, 0.1) is 13.8 Å². The van der Waals surface area contributed by atoms with E-state index in [9.17, 15) is 9.90 Å². The molecule has 1 aromatic heterocycles. The molecule has 0 saturated carbocycles. The summed E-state index contributed by atoms with van der Waals surface area (Å²) in [6.07, 6.45) is 0. The molecular weight excluding hydrogens is 238 g/mol. The monoisotopic (exact) mass is 251 g/mol. The highest BCUT2D eigenvalue weighted by Crippen LogP contribution is 2.30. The summed E-state index contributed by atoms with van der Waals surface area (Å²) in [6, 6.07) is 11.3. The first-order valence-corrected chi connectivity index (χ1v) is 6.11. The van der Waals surface area contributed by atoms with Gasteiger partial charge in [-0.05, 0) is 31.0 Å². The van der Waals surface area contributed by atoms with Crippen LogP contribution >= 0.6 is 0 Å². The van der Waals surface area contributed by atoms with Gasteiger partial charge < -0.3 is 5.11 Å². The molecule has 1 N–H and O–H groups in total. The van der Waals surface area contributed by atoms with Crippen LogP contribution in [0.3, 0.4) is 0 Å². The average molecular weight is 251 g/mol. The number of carbonyl (C=O) groups is 1. The van der Waals surface area contributed by atoms with E-state index in [2.05, 4.69) is 4.98 Å². The lowest BCUT2D eigenvalue weighted by atomic mass is 9.97. The number of aryl methyl sites for hydroxylation is 2. The van der Waals surface area contributed by atoms with E-state index in [4.69, 9.17) is 0 Å². The molecule has 1 heterocycles. The molecule has 94 valence electrons. The lowest BCUT2D eigenvalue weighted by Crippen LogP contribution is -2.03. The molecule has 0 aliphatic rings. The van der Waals surface area contributed by atoms with E-state index in [-0.39, 0.29) is 0 Å². The summed E-state index contributed by atoms with van der Waals surface area (Å²) < 4.78 is 0. The zero-order chi connectivity index (χ0) is 13.6. The van der Waals surface area contributed by atoms with Crippen LogP contribution < -0.4 is 0 Å². The molecular formula is C16H13NO2. The largest absolute Gasteiger partial charge is 0.478 e. The van der Waals surface area contributed by atoms with Gasteiger partial charge in [0.05, 0.1) is 16.6 Å². The van der Waals surface area contributed by atoms with Crippen molar-refractivity contribution in [2.24, 2.45) is 0 Å². The molecule has 0 atom stereocenters. The third-order valence-corrected chi connectivity index (χ3v) is 3.46. The lowest BCUT2D eigenvalue weighted by Gasteiger charge is -2.11. The predicted molar refractivity (Wildman–Crippen MR) is 75.7 cm³/mol. The highest BCUT2D eigenvalue weighted by Gasteiger charge is 2.17. The second-order valence-corrected chi connectivity index (χ2v) is 4.73. The summed E-state index contributed by atoms with van der Waals surface area (Å²) in [6.45, 7) is 3.87. The van der Waals surface area contributed by atoms with Crippen LogP contribution in [0.1, 0.15) is 21.5 Å². The first-order chi connectivity index (χ1) is 9.09. The second-order valence-electron chi connectivity index (χ2n) is 4.73. The molecule has 0 radical (unpaired) electrons. The highest BCUT2D eigenvalue weighted by molar-refractivity contribution is 6.15. The zero-order valence-corrected chi connectivity index (χ0v) is 10.8. The van der Waals surface area contributed by atoms with Crippen molar-refractivity contribution in [3.63, 3.8) is 0 Å². The molecule has 2 aromatic carbocycles. The Kier molecular flexibility index (Phi) is 2.49. The van der Waals surface area contributed by atoms with Crippen molar-refractivity contribution < 1.29 is 9.90 Å². The summed E-state index contributed by atoms with van der Waals surface area (Å²) in [5.74, 6) is -0.905. The van der Waals surface area contributed by atoms with Crippen LogP contribution in [0.2, 0.25) is 0 Å². The Balaban J connectivity index is 2.67. The number of nitrogens with zero attached hydrogens (tertiary/aromatic N) is 1. The van der Waals surface area contributed by atoms with E-state index in [1.165, 1.54) is 0 Å². The summed E-state index contributed by atoms with van der Waals surface area (Å²) in [5, 5.41) is 11.0. The van der Waals surface area contributed by atoms with Crippen LogP contribution in [0.4, 0.5) is 0 Å². The van der Waals surface area contributed by atoms with Gasteiger partial charge in [0.15, 0.2) is 0 Å². The number of carboxylic acid groups (broad SMARTS) is 1. The third-order valence-electron chi connectivity index (χ3n) is 3.46. The Morgan fingerprint density at radius 1 is 1.05 bits per heavy atom. The molecule has 3 heteroatoms. The number of pyridine rings is 1. The highest BCUT2D eigenvalue weighted by atomic mass is 16.4. The van der Waals surface area contributed by atoms with Gasteiger partial charge in [0.1, 0.15) is 0 Å². The summed E-state index contributed by atoms with van der Waals surface area (Å²) in [7, 11) is 0. The standard InChI is InChI=1S/C16H13NO2/c1-9-7-8-10(2)15-13(9)14(16(18)19)11-5-3-4-6-12(11)17-15/h3-8H,1-2H3,(H,18,19). The predicted octanol–water partition coefficient (Wildman–Crippen LogP) is 3.70. The van der Waals surface area contributed by atoms with E-state index in [0.29, 0.717) is 10.9 Å². The molecule has 0 aliphatic heterocycles. The fourth-order valence-electron chi connectivity index (χ4n) is 2.52. The van der Waals surface area contributed by atoms with Crippen LogP contribution in [0.5, 0.6) is 0 Å². The van der Waals surface area contributed by atoms with Gasteiger partial charge in [0, 0.05) is 10.8 Å². The first-order valence-electron chi connectivity index (χ1n) is 6.11. The Hall–Kier alpha value is -2.42. The van der Waals surface area contributed by atoms with Gasteiger partial charge in [-0.1, -0.05) is 30.3 Å². The summed E-state index contributed by atoms with van der Waals surface area (Å²) in [5.41, 5.74) is 3.78. The summed E-state index contributed by atoms with van der Waals surface area (Å²) in [4.78, 5) is 16.3. The Morgan fingerprint density at radius 3 is 2.47 bits per heavy atom. The maximum absolute atomic E-state index is 11.7. The van der Waals surface area contributed by atoms with Gasteiger partial charge in [0.25, 0.3) is 0 Å². The minimum atomic E-state index is -0.905. The Labute approximate surface area is 110 Å². The van der Waals surface area contributed by atoms with Crippen molar-refractivity contribution in [2.45, 2.75) is 13.8 Å². The molecule has 0 amide bonds. The van der Waals surface area contributed by atoms with E-state index < -0.39 is 5.97 Å². The molecule has 3 aromatic rings. The quantitative estimate of drug-likeness (QED) is 0.671. The van der Waals surface area contributed by atoms with Gasteiger partial charge in [-0.15, -0.1) is 0 Å². The smallest absolute Gasteiger partial charge is 0.337 e. The van der Waals surface area contributed by atoms with Crippen molar-refractivity contribution in [1.82, 2.24) is 4.98 Å². The van der Waals surface area contributed by atoms with Gasteiger partial charge in [-0.3, -0.25) is 0 Å². The van der Waals surface area contributed by atoms with E-state index >= 15 is 0 Å². The minimum Gasteiger partial charge on any atom is -0.478 e. The second kappa shape index (κ2) is 4.05. The molecule has 0 aliphatic carbocycles. The van der Waals surface area contributed by atoms with Crippen LogP contribution in [0.25, 0.3) is 21.8 Å². The molecule has 19 heavy (non-hydrogen) atoms. The minimum absolute atomic E-state index is 0.349. The summed E-state index contributed by atoms with van der Waals surface area (Å²) >= 11 is 0. The van der Waals surface area contributed by atoms with E-state index in [0.717, 1.165) is 27.5 Å². The van der Waals surface area contributed by atoms with Gasteiger partial charge in [0.2, 0.25) is 0 Å². The van der Waals surface area contributed by atoms with Gasteiger partial charge >= 0.3 is 5.97 Å². The number of aromatic nitrogens is 1. The van der Waals surface area contributed by atoms with E-state index in [1.807, 2.05) is 50.2 Å². The normalized spacial score (nSPS) is 11.1. The lowest BCUT2D eigenvalue weighted by molar-refractivity contribution is 0.0701. The first kappa shape index (κ1) is 11.7. The van der Waals surface area contributed by atoms with E-state index in [1.54, 1.807) is 0 Å². The van der Waals surface area contributed by atoms with Crippen molar-refractivity contribution >= 4 is 27.8 Å². The van der Waals surface area contributed by atoms with Crippen molar-refractivity contribution in [3.05, 3.63) is 53.1 Å². The number of hydrogen-bond donors (Lipinski definition) is 1. The van der Waals surface area contributed by atoms with Gasteiger partial charge in [-0.25, -0.2) is 9.78 Å². The fraction of sp³-hybridized carbons (Fsp3) is 0.125.